The minimum Gasteiger partial charge on any atom is -0.335 e. The van der Waals surface area contributed by atoms with Crippen molar-refractivity contribution in [1.82, 2.24) is 10.2 Å². The van der Waals surface area contributed by atoms with Crippen molar-refractivity contribution < 1.29 is 9.18 Å². The van der Waals surface area contributed by atoms with Gasteiger partial charge >= 0.3 is 0 Å². The van der Waals surface area contributed by atoms with Crippen LogP contribution in [0.1, 0.15) is 18.4 Å². The highest BCUT2D eigenvalue weighted by Gasteiger charge is 2.26. The first-order valence-corrected chi connectivity index (χ1v) is 6.59. The van der Waals surface area contributed by atoms with Crippen LogP contribution in [0.3, 0.4) is 0 Å². The average molecular weight is 262 g/mol. The Morgan fingerprint density at radius 3 is 2.89 bits per heavy atom. The van der Waals surface area contributed by atoms with Gasteiger partial charge in [-0.3, -0.25) is 4.79 Å². The van der Waals surface area contributed by atoms with Crippen LogP contribution in [0.15, 0.2) is 30.3 Å². The highest BCUT2D eigenvalue weighted by molar-refractivity contribution is 5.92. The van der Waals surface area contributed by atoms with E-state index >= 15 is 0 Å². The third-order valence-electron chi connectivity index (χ3n) is 3.39. The summed E-state index contributed by atoms with van der Waals surface area (Å²) in [4.78, 5) is 14.0. The molecule has 0 aromatic heterocycles. The smallest absolute Gasteiger partial charge is 0.246 e. The van der Waals surface area contributed by atoms with Gasteiger partial charge in [-0.1, -0.05) is 12.1 Å². The third kappa shape index (κ3) is 3.64. The maximum absolute atomic E-state index is 12.8. The second kappa shape index (κ2) is 6.48. The molecule has 0 radical (unpaired) electrons. The van der Waals surface area contributed by atoms with E-state index in [-0.39, 0.29) is 17.8 Å². The first-order chi connectivity index (χ1) is 9.20. The quantitative estimate of drug-likeness (QED) is 0.842. The molecular weight excluding hydrogens is 243 g/mol. The summed E-state index contributed by atoms with van der Waals surface area (Å²) in [7, 11) is 1.90. The minimum atomic E-state index is -0.267. The first kappa shape index (κ1) is 13.7. The first-order valence-electron chi connectivity index (χ1n) is 6.59. The molecule has 3 nitrogen and oxygen atoms in total. The van der Waals surface area contributed by atoms with Gasteiger partial charge in [0.25, 0.3) is 0 Å². The molecular formula is C15H19FN2O. The fraction of sp³-hybridized carbons (Fsp3) is 0.400. The molecule has 0 spiro atoms. The molecule has 0 saturated carbocycles. The van der Waals surface area contributed by atoms with Gasteiger partial charge in [0.2, 0.25) is 5.91 Å². The van der Waals surface area contributed by atoms with Crippen LogP contribution in [0.4, 0.5) is 4.39 Å². The molecule has 1 unspecified atom stereocenters. The summed E-state index contributed by atoms with van der Waals surface area (Å²) >= 11 is 0. The Kier molecular flexibility index (Phi) is 4.68. The van der Waals surface area contributed by atoms with Gasteiger partial charge in [-0.15, -0.1) is 0 Å². The van der Waals surface area contributed by atoms with E-state index in [0.717, 1.165) is 31.5 Å². The van der Waals surface area contributed by atoms with Gasteiger partial charge in [0.15, 0.2) is 0 Å². The normalized spacial score (nSPS) is 19.3. The van der Waals surface area contributed by atoms with Crippen molar-refractivity contribution in [3.63, 3.8) is 0 Å². The highest BCUT2D eigenvalue weighted by atomic mass is 19.1. The minimum absolute atomic E-state index is 0.0297. The molecule has 1 fully saturated rings. The van der Waals surface area contributed by atoms with E-state index < -0.39 is 0 Å². The molecule has 1 N–H and O–H groups in total. The number of benzene rings is 1. The number of rotatable bonds is 4. The second-order valence-corrected chi connectivity index (χ2v) is 4.77. The van der Waals surface area contributed by atoms with Crippen molar-refractivity contribution in [2.45, 2.75) is 18.9 Å². The summed E-state index contributed by atoms with van der Waals surface area (Å²) in [5.41, 5.74) is 0.833. The number of halogens is 1. The molecule has 1 atom stereocenters. The predicted octanol–water partition coefficient (Wildman–Crippen LogP) is 2.05. The van der Waals surface area contributed by atoms with Crippen LogP contribution in [-0.4, -0.2) is 37.0 Å². The molecule has 102 valence electrons. The van der Waals surface area contributed by atoms with Crippen LogP contribution in [-0.2, 0) is 4.79 Å². The van der Waals surface area contributed by atoms with Gasteiger partial charge < -0.3 is 10.2 Å². The Bertz CT molecular complexity index is 456. The predicted molar refractivity (Wildman–Crippen MR) is 74.1 cm³/mol. The molecule has 19 heavy (non-hydrogen) atoms. The Labute approximate surface area is 113 Å². The summed E-state index contributed by atoms with van der Waals surface area (Å²) in [5, 5.41) is 3.11. The Balaban J connectivity index is 1.98. The number of likely N-dealkylation sites (tertiary alicyclic amines) is 1. The summed E-state index contributed by atoms with van der Waals surface area (Å²) in [5.74, 6) is -0.237. The lowest BCUT2D eigenvalue weighted by Crippen LogP contribution is -2.39. The zero-order chi connectivity index (χ0) is 13.7. The summed E-state index contributed by atoms with van der Waals surface area (Å²) < 4.78 is 12.8. The van der Waals surface area contributed by atoms with E-state index in [9.17, 15) is 9.18 Å². The Morgan fingerprint density at radius 2 is 2.21 bits per heavy atom. The number of nitrogens with one attached hydrogen (secondary N) is 1. The number of hydrogen-bond acceptors (Lipinski definition) is 2. The lowest BCUT2D eigenvalue weighted by molar-refractivity contribution is -0.126. The molecule has 2 rings (SSSR count). The molecule has 1 aromatic carbocycles. The summed E-state index contributed by atoms with van der Waals surface area (Å²) in [6, 6.07) is 6.39. The van der Waals surface area contributed by atoms with Gasteiger partial charge in [0.05, 0.1) is 0 Å². The molecule has 0 bridgehead atoms. The van der Waals surface area contributed by atoms with Gasteiger partial charge in [-0.25, -0.2) is 4.39 Å². The van der Waals surface area contributed by atoms with Crippen molar-refractivity contribution in [1.29, 1.82) is 0 Å². The van der Waals surface area contributed by atoms with Crippen molar-refractivity contribution >= 4 is 12.0 Å². The Morgan fingerprint density at radius 1 is 1.47 bits per heavy atom. The van der Waals surface area contributed by atoms with Gasteiger partial charge in [0, 0.05) is 25.2 Å². The van der Waals surface area contributed by atoms with Crippen molar-refractivity contribution in [3.05, 3.63) is 41.7 Å². The maximum Gasteiger partial charge on any atom is 0.246 e. The standard InChI is InChI=1S/C15H19FN2O/c1-17-11-14-3-2-10-18(14)15(19)9-6-12-4-7-13(16)8-5-12/h4-9,14,17H,2-3,10-11H2,1H3. The van der Waals surface area contributed by atoms with Crippen LogP contribution < -0.4 is 5.32 Å². The lowest BCUT2D eigenvalue weighted by Gasteiger charge is -2.23. The van der Waals surface area contributed by atoms with E-state index in [2.05, 4.69) is 5.32 Å². The lowest BCUT2D eigenvalue weighted by atomic mass is 10.2. The van der Waals surface area contributed by atoms with E-state index in [1.54, 1.807) is 24.3 Å². The largest absolute Gasteiger partial charge is 0.335 e. The number of likely N-dealkylation sites (N-methyl/N-ethyl adjacent to an activating group) is 1. The molecule has 1 aliphatic rings. The second-order valence-electron chi connectivity index (χ2n) is 4.77. The SMILES string of the molecule is CNCC1CCCN1C(=O)C=Cc1ccc(F)cc1. The van der Waals surface area contributed by atoms with Crippen molar-refractivity contribution in [2.75, 3.05) is 20.1 Å². The fourth-order valence-corrected chi connectivity index (χ4v) is 2.41. The van der Waals surface area contributed by atoms with Gasteiger partial charge in [-0.2, -0.15) is 0 Å². The zero-order valence-corrected chi connectivity index (χ0v) is 11.1. The number of hydrogen-bond donors (Lipinski definition) is 1. The maximum atomic E-state index is 12.8. The third-order valence-corrected chi connectivity index (χ3v) is 3.39. The zero-order valence-electron chi connectivity index (χ0n) is 11.1. The number of carbonyl (C=O) groups excluding carboxylic acids is 1. The molecule has 1 aliphatic heterocycles. The molecule has 1 heterocycles. The van der Waals surface area contributed by atoms with Crippen LogP contribution in [0, 0.1) is 5.82 Å². The van der Waals surface area contributed by atoms with E-state index in [4.69, 9.17) is 0 Å². The average Bonchev–Trinajstić information content (AvgIpc) is 2.86. The molecule has 1 amide bonds. The molecule has 4 heteroatoms. The number of nitrogens with zero attached hydrogens (tertiary/aromatic N) is 1. The van der Waals surface area contributed by atoms with E-state index in [0.29, 0.717) is 0 Å². The van der Waals surface area contributed by atoms with Crippen molar-refractivity contribution in [3.8, 4) is 0 Å². The summed E-state index contributed by atoms with van der Waals surface area (Å²) in [6.07, 6.45) is 5.41. The van der Waals surface area contributed by atoms with Crippen LogP contribution >= 0.6 is 0 Å². The fourth-order valence-electron chi connectivity index (χ4n) is 2.41. The van der Waals surface area contributed by atoms with E-state index in [1.165, 1.54) is 12.1 Å². The van der Waals surface area contributed by atoms with Crippen molar-refractivity contribution in [2.24, 2.45) is 0 Å². The molecule has 1 saturated heterocycles. The van der Waals surface area contributed by atoms with Crippen LogP contribution in [0.5, 0.6) is 0 Å². The van der Waals surface area contributed by atoms with Gasteiger partial charge in [0.1, 0.15) is 5.82 Å². The topological polar surface area (TPSA) is 32.3 Å². The van der Waals surface area contributed by atoms with Crippen LogP contribution in [0.25, 0.3) is 6.08 Å². The monoisotopic (exact) mass is 262 g/mol. The summed E-state index contributed by atoms with van der Waals surface area (Å²) in [6.45, 7) is 1.65. The number of amides is 1. The molecule has 0 aliphatic carbocycles. The number of carbonyl (C=O) groups is 1. The van der Waals surface area contributed by atoms with E-state index in [1.807, 2.05) is 11.9 Å². The van der Waals surface area contributed by atoms with Crippen LogP contribution in [0.2, 0.25) is 0 Å². The highest BCUT2D eigenvalue weighted by Crippen LogP contribution is 2.17. The Hall–Kier alpha value is -1.68. The molecule has 1 aromatic rings. The van der Waals surface area contributed by atoms with Gasteiger partial charge in [-0.05, 0) is 43.7 Å².